The van der Waals surface area contributed by atoms with Crippen molar-refractivity contribution in [2.75, 3.05) is 5.32 Å². The number of carbonyl (C=O) groups is 1. The molecular formula is C17H18BrNO. The lowest BCUT2D eigenvalue weighted by atomic mass is 10.1. The summed E-state index contributed by atoms with van der Waals surface area (Å²) in [5.41, 5.74) is 3.92. The minimum Gasteiger partial charge on any atom is -0.322 e. The lowest BCUT2D eigenvalue weighted by Gasteiger charge is -2.10. The van der Waals surface area contributed by atoms with Crippen molar-refractivity contribution in [2.24, 2.45) is 0 Å². The van der Waals surface area contributed by atoms with Crippen LogP contribution in [0.4, 0.5) is 5.69 Å². The zero-order chi connectivity index (χ0) is 14.5. The number of nitrogens with one attached hydrogen (secondary N) is 1. The van der Waals surface area contributed by atoms with E-state index in [9.17, 15) is 4.79 Å². The van der Waals surface area contributed by atoms with Gasteiger partial charge in [0.25, 0.3) is 5.91 Å². The largest absolute Gasteiger partial charge is 0.322 e. The fraction of sp³-hybridized carbons (Fsp3) is 0.235. The maximum atomic E-state index is 12.2. The second-order valence-electron chi connectivity index (χ2n) is 4.66. The number of aryl methyl sites for hydroxylation is 2. The summed E-state index contributed by atoms with van der Waals surface area (Å²) in [7, 11) is 0. The first-order valence-electron chi connectivity index (χ1n) is 6.82. The van der Waals surface area contributed by atoms with Crippen LogP contribution in [0.5, 0.6) is 0 Å². The van der Waals surface area contributed by atoms with Crippen molar-refractivity contribution in [3.63, 3.8) is 0 Å². The third-order valence-corrected chi connectivity index (χ3v) is 3.81. The molecule has 0 aliphatic rings. The molecule has 0 spiro atoms. The predicted octanol–water partition coefficient (Wildman–Crippen LogP) is 4.83. The van der Waals surface area contributed by atoms with Gasteiger partial charge in [-0.25, -0.2) is 0 Å². The molecule has 2 rings (SSSR count). The van der Waals surface area contributed by atoms with Gasteiger partial charge in [0.2, 0.25) is 0 Å². The Kier molecular flexibility index (Phi) is 4.96. The van der Waals surface area contributed by atoms with E-state index in [4.69, 9.17) is 0 Å². The van der Waals surface area contributed by atoms with Crippen LogP contribution >= 0.6 is 15.9 Å². The van der Waals surface area contributed by atoms with Gasteiger partial charge in [-0.3, -0.25) is 4.79 Å². The van der Waals surface area contributed by atoms with E-state index in [1.165, 1.54) is 5.56 Å². The molecule has 20 heavy (non-hydrogen) atoms. The summed E-state index contributed by atoms with van der Waals surface area (Å²) in [5.74, 6) is -0.0651. The van der Waals surface area contributed by atoms with Crippen LogP contribution in [-0.2, 0) is 12.8 Å². The minimum atomic E-state index is -0.0651. The summed E-state index contributed by atoms with van der Waals surface area (Å²) in [4.78, 5) is 12.2. The van der Waals surface area contributed by atoms with E-state index in [-0.39, 0.29) is 5.91 Å². The second kappa shape index (κ2) is 6.71. The van der Waals surface area contributed by atoms with E-state index in [2.05, 4.69) is 35.1 Å². The number of carbonyl (C=O) groups excluding carboxylic acids is 1. The van der Waals surface area contributed by atoms with E-state index < -0.39 is 0 Å². The highest BCUT2D eigenvalue weighted by Crippen LogP contribution is 2.22. The molecule has 0 fully saturated rings. The molecule has 1 amide bonds. The Labute approximate surface area is 128 Å². The standard InChI is InChI=1S/C17H18BrNO/c1-3-12-5-7-14(8-6-12)17(20)19-16-10-9-15(18)11-13(16)4-2/h5-11H,3-4H2,1-2H3,(H,19,20). The van der Waals surface area contributed by atoms with Crippen LogP contribution in [0.3, 0.4) is 0 Å². The second-order valence-corrected chi connectivity index (χ2v) is 5.58. The Balaban J connectivity index is 2.18. The van der Waals surface area contributed by atoms with Crippen LogP contribution in [0.25, 0.3) is 0 Å². The molecule has 0 heterocycles. The highest BCUT2D eigenvalue weighted by Gasteiger charge is 2.08. The summed E-state index contributed by atoms with van der Waals surface area (Å²) >= 11 is 3.45. The van der Waals surface area contributed by atoms with E-state index in [0.29, 0.717) is 5.56 Å². The summed E-state index contributed by atoms with van der Waals surface area (Å²) in [5, 5.41) is 2.98. The molecule has 0 aliphatic carbocycles. The zero-order valence-electron chi connectivity index (χ0n) is 11.7. The molecule has 0 saturated carbocycles. The maximum Gasteiger partial charge on any atom is 0.255 e. The van der Waals surface area contributed by atoms with Crippen molar-refractivity contribution in [1.29, 1.82) is 0 Å². The molecular weight excluding hydrogens is 314 g/mol. The lowest BCUT2D eigenvalue weighted by Crippen LogP contribution is -2.13. The van der Waals surface area contributed by atoms with Crippen molar-refractivity contribution >= 4 is 27.5 Å². The van der Waals surface area contributed by atoms with Gasteiger partial charge in [-0.2, -0.15) is 0 Å². The zero-order valence-corrected chi connectivity index (χ0v) is 13.3. The monoisotopic (exact) mass is 331 g/mol. The molecule has 3 heteroatoms. The molecule has 2 aromatic rings. The predicted molar refractivity (Wildman–Crippen MR) is 87.3 cm³/mol. The molecule has 2 aromatic carbocycles. The van der Waals surface area contributed by atoms with E-state index in [1.54, 1.807) is 0 Å². The molecule has 104 valence electrons. The Bertz CT molecular complexity index is 605. The number of rotatable bonds is 4. The quantitative estimate of drug-likeness (QED) is 0.854. The first-order valence-corrected chi connectivity index (χ1v) is 7.62. The highest BCUT2D eigenvalue weighted by atomic mass is 79.9. The first kappa shape index (κ1) is 14.8. The van der Waals surface area contributed by atoms with Gasteiger partial charge in [-0.05, 0) is 54.3 Å². The highest BCUT2D eigenvalue weighted by molar-refractivity contribution is 9.10. The third kappa shape index (κ3) is 3.48. The van der Waals surface area contributed by atoms with Crippen LogP contribution in [0.15, 0.2) is 46.9 Å². The Hall–Kier alpha value is -1.61. The molecule has 0 atom stereocenters. The van der Waals surface area contributed by atoms with Crippen molar-refractivity contribution < 1.29 is 4.79 Å². The number of amides is 1. The van der Waals surface area contributed by atoms with Gasteiger partial charge in [-0.15, -0.1) is 0 Å². The van der Waals surface area contributed by atoms with Crippen LogP contribution in [0.1, 0.15) is 35.3 Å². The molecule has 0 aromatic heterocycles. The first-order chi connectivity index (χ1) is 9.63. The smallest absolute Gasteiger partial charge is 0.255 e. The van der Waals surface area contributed by atoms with Gasteiger partial charge >= 0.3 is 0 Å². The summed E-state index contributed by atoms with van der Waals surface area (Å²) in [6.45, 7) is 4.18. The number of benzene rings is 2. The topological polar surface area (TPSA) is 29.1 Å². The van der Waals surface area contributed by atoms with Crippen molar-refractivity contribution in [2.45, 2.75) is 26.7 Å². The summed E-state index contributed by atoms with van der Waals surface area (Å²) in [6.07, 6.45) is 1.86. The van der Waals surface area contributed by atoms with Crippen LogP contribution in [0, 0.1) is 0 Å². The lowest BCUT2D eigenvalue weighted by molar-refractivity contribution is 0.102. The summed E-state index contributed by atoms with van der Waals surface area (Å²) in [6, 6.07) is 13.7. The molecule has 0 unspecified atom stereocenters. The Morgan fingerprint density at radius 2 is 1.75 bits per heavy atom. The molecule has 0 saturated heterocycles. The van der Waals surface area contributed by atoms with Crippen LogP contribution in [-0.4, -0.2) is 5.91 Å². The molecule has 0 bridgehead atoms. The molecule has 2 nitrogen and oxygen atoms in total. The molecule has 0 radical (unpaired) electrons. The number of hydrogen-bond acceptors (Lipinski definition) is 1. The maximum absolute atomic E-state index is 12.2. The van der Waals surface area contributed by atoms with Gasteiger partial charge in [0.15, 0.2) is 0 Å². The van der Waals surface area contributed by atoms with Gasteiger partial charge in [-0.1, -0.05) is 41.9 Å². The molecule has 0 aliphatic heterocycles. The SMILES string of the molecule is CCc1ccc(C(=O)Nc2ccc(Br)cc2CC)cc1. The summed E-state index contributed by atoms with van der Waals surface area (Å²) < 4.78 is 1.03. The third-order valence-electron chi connectivity index (χ3n) is 3.32. The normalized spacial score (nSPS) is 10.3. The van der Waals surface area contributed by atoms with Gasteiger partial charge in [0, 0.05) is 15.7 Å². The van der Waals surface area contributed by atoms with Crippen LogP contribution in [0.2, 0.25) is 0 Å². The van der Waals surface area contributed by atoms with Gasteiger partial charge in [0.1, 0.15) is 0 Å². The number of anilines is 1. The van der Waals surface area contributed by atoms with Crippen LogP contribution < -0.4 is 5.32 Å². The minimum absolute atomic E-state index is 0.0651. The molecule has 1 N–H and O–H groups in total. The van der Waals surface area contributed by atoms with Crippen molar-refractivity contribution in [3.05, 3.63) is 63.6 Å². The average Bonchev–Trinajstić information content (AvgIpc) is 2.49. The number of hydrogen-bond donors (Lipinski definition) is 1. The van der Waals surface area contributed by atoms with Crippen molar-refractivity contribution in [1.82, 2.24) is 0 Å². The van der Waals surface area contributed by atoms with E-state index >= 15 is 0 Å². The average molecular weight is 332 g/mol. The van der Waals surface area contributed by atoms with Gasteiger partial charge < -0.3 is 5.32 Å². The fourth-order valence-corrected chi connectivity index (χ4v) is 2.47. The van der Waals surface area contributed by atoms with E-state index in [0.717, 1.165) is 28.6 Å². The van der Waals surface area contributed by atoms with Gasteiger partial charge in [0.05, 0.1) is 0 Å². The van der Waals surface area contributed by atoms with Crippen molar-refractivity contribution in [3.8, 4) is 0 Å². The number of halogens is 1. The Morgan fingerprint density at radius 3 is 2.35 bits per heavy atom. The Morgan fingerprint density at radius 1 is 1.05 bits per heavy atom. The fourth-order valence-electron chi connectivity index (χ4n) is 2.06. The van der Waals surface area contributed by atoms with E-state index in [1.807, 2.05) is 42.5 Å².